The zero-order valence-corrected chi connectivity index (χ0v) is 17.0. The van der Waals surface area contributed by atoms with E-state index in [2.05, 4.69) is 31.0 Å². The molecule has 2 fully saturated rings. The normalized spacial score (nSPS) is 39.1. The summed E-state index contributed by atoms with van der Waals surface area (Å²) in [5.41, 5.74) is 2.79. The number of ketones is 1. The van der Waals surface area contributed by atoms with Gasteiger partial charge in [-0.1, -0.05) is 19.9 Å². The van der Waals surface area contributed by atoms with E-state index in [0.29, 0.717) is 24.2 Å². The Kier molecular flexibility index (Phi) is 3.98. The molecule has 0 N–H and O–H groups in total. The molecule has 4 nitrogen and oxygen atoms in total. The largest absolute Gasteiger partial charge is 0.497 e. The van der Waals surface area contributed by atoms with Crippen molar-refractivity contribution in [3.05, 3.63) is 41.9 Å². The zero-order valence-electron chi connectivity index (χ0n) is 17.0. The second kappa shape index (κ2) is 6.20. The van der Waals surface area contributed by atoms with Crippen molar-refractivity contribution in [2.45, 2.75) is 46.0 Å². The Labute approximate surface area is 167 Å². The molecule has 5 rings (SSSR count). The van der Waals surface area contributed by atoms with E-state index in [1.165, 1.54) is 24.0 Å². The van der Waals surface area contributed by atoms with Crippen LogP contribution in [0.4, 0.5) is 0 Å². The van der Waals surface area contributed by atoms with Crippen LogP contribution in [0.15, 0.2) is 36.4 Å². The van der Waals surface area contributed by atoms with E-state index < -0.39 is 0 Å². The molecule has 3 aliphatic carbocycles. The van der Waals surface area contributed by atoms with Crippen molar-refractivity contribution in [1.82, 2.24) is 4.98 Å². The minimum absolute atomic E-state index is 0.0262. The maximum Gasteiger partial charge on any atom is 0.159 e. The second-order valence-electron chi connectivity index (χ2n) is 9.50. The Morgan fingerprint density at radius 1 is 1.18 bits per heavy atom. The summed E-state index contributed by atoms with van der Waals surface area (Å²) in [6.07, 6.45) is 13.0. The third kappa shape index (κ3) is 2.42. The third-order valence-electron chi connectivity index (χ3n) is 8.27. The van der Waals surface area contributed by atoms with Crippen LogP contribution in [0.1, 0.15) is 51.5 Å². The average Bonchev–Trinajstić information content (AvgIpc) is 3.06. The smallest absolute Gasteiger partial charge is 0.159 e. The van der Waals surface area contributed by atoms with Crippen molar-refractivity contribution < 1.29 is 14.3 Å². The minimum atomic E-state index is 0.0262. The van der Waals surface area contributed by atoms with Gasteiger partial charge >= 0.3 is 0 Å². The van der Waals surface area contributed by atoms with E-state index in [4.69, 9.17) is 9.47 Å². The summed E-state index contributed by atoms with van der Waals surface area (Å²) in [4.78, 5) is 16.3. The van der Waals surface area contributed by atoms with E-state index in [9.17, 15) is 4.79 Å². The van der Waals surface area contributed by atoms with E-state index in [1.54, 1.807) is 19.4 Å². The van der Waals surface area contributed by atoms with Crippen LogP contribution >= 0.6 is 0 Å². The maximum absolute atomic E-state index is 11.9. The summed E-state index contributed by atoms with van der Waals surface area (Å²) < 4.78 is 11.6. The fourth-order valence-corrected chi connectivity index (χ4v) is 6.65. The number of methoxy groups -OCH3 is 1. The van der Waals surface area contributed by atoms with E-state index >= 15 is 0 Å². The van der Waals surface area contributed by atoms with Gasteiger partial charge in [-0.3, -0.25) is 9.78 Å². The number of hydrogen-bond acceptors (Lipinski definition) is 4. The number of fused-ring (bicyclic) bond motifs is 5. The molecule has 0 spiro atoms. The van der Waals surface area contributed by atoms with Crippen molar-refractivity contribution in [1.29, 1.82) is 0 Å². The van der Waals surface area contributed by atoms with Crippen molar-refractivity contribution in [3.8, 4) is 5.75 Å². The lowest BCUT2D eigenvalue weighted by atomic mass is 9.50. The van der Waals surface area contributed by atoms with Crippen LogP contribution in [-0.2, 0) is 9.53 Å². The molecule has 4 aliphatic rings. The van der Waals surface area contributed by atoms with Gasteiger partial charge in [0.2, 0.25) is 0 Å². The lowest BCUT2D eigenvalue weighted by Crippen LogP contribution is -2.52. The highest BCUT2D eigenvalue weighted by Crippen LogP contribution is 2.65. The quantitative estimate of drug-likeness (QED) is 0.740. The molecular weight excluding hydrogens is 350 g/mol. The zero-order chi connectivity index (χ0) is 19.5. The van der Waals surface area contributed by atoms with Gasteiger partial charge < -0.3 is 9.47 Å². The van der Waals surface area contributed by atoms with E-state index in [-0.39, 0.29) is 16.6 Å². The van der Waals surface area contributed by atoms with Gasteiger partial charge in [-0.25, -0.2) is 0 Å². The number of hydrogen-bond donors (Lipinski definition) is 0. The number of aromatic nitrogens is 1. The maximum atomic E-state index is 11.9. The molecule has 1 aromatic rings. The van der Waals surface area contributed by atoms with Gasteiger partial charge in [0, 0.05) is 30.0 Å². The molecule has 0 radical (unpaired) electrons. The Hall–Kier alpha value is -2.10. The Morgan fingerprint density at radius 3 is 2.86 bits per heavy atom. The monoisotopic (exact) mass is 379 g/mol. The molecule has 1 saturated carbocycles. The summed E-state index contributed by atoms with van der Waals surface area (Å²) in [5, 5.41) is 0. The molecule has 1 aliphatic heterocycles. The molecule has 2 heterocycles. The predicted molar refractivity (Wildman–Crippen MR) is 108 cm³/mol. The topological polar surface area (TPSA) is 48.4 Å². The lowest BCUT2D eigenvalue weighted by molar-refractivity contribution is -0.124. The Morgan fingerprint density at radius 2 is 2.04 bits per heavy atom. The summed E-state index contributed by atoms with van der Waals surface area (Å²) >= 11 is 0. The highest BCUT2D eigenvalue weighted by molar-refractivity contribution is 5.91. The van der Waals surface area contributed by atoms with E-state index in [1.807, 2.05) is 6.20 Å². The molecule has 5 atom stereocenters. The van der Waals surface area contributed by atoms with Gasteiger partial charge in [0.25, 0.3) is 0 Å². The lowest BCUT2D eigenvalue weighted by Gasteiger charge is -2.57. The van der Waals surface area contributed by atoms with Crippen LogP contribution in [0, 0.1) is 28.6 Å². The molecule has 1 aromatic heterocycles. The molecule has 1 saturated heterocycles. The van der Waals surface area contributed by atoms with Crippen molar-refractivity contribution in [3.63, 3.8) is 0 Å². The van der Waals surface area contributed by atoms with E-state index in [0.717, 1.165) is 31.0 Å². The summed E-state index contributed by atoms with van der Waals surface area (Å²) in [6, 6.07) is 2.12. The first-order valence-electron chi connectivity index (χ1n) is 10.5. The van der Waals surface area contributed by atoms with Gasteiger partial charge in [0.05, 0.1) is 19.9 Å². The Balaban J connectivity index is 1.47. The van der Waals surface area contributed by atoms with Crippen molar-refractivity contribution >= 4 is 11.4 Å². The highest BCUT2D eigenvalue weighted by Gasteiger charge is 2.58. The van der Waals surface area contributed by atoms with Gasteiger partial charge in [-0.2, -0.15) is 0 Å². The summed E-state index contributed by atoms with van der Waals surface area (Å²) in [6.45, 7) is 5.52. The fourth-order valence-electron chi connectivity index (χ4n) is 6.65. The first-order chi connectivity index (χ1) is 13.5. The molecule has 28 heavy (non-hydrogen) atoms. The highest BCUT2D eigenvalue weighted by atomic mass is 16.5. The number of allylic oxidation sites excluding steroid dienone is 4. The third-order valence-corrected chi connectivity index (χ3v) is 8.27. The predicted octanol–water partition coefficient (Wildman–Crippen LogP) is 4.81. The number of nitrogens with zero attached hydrogens (tertiary/aromatic N) is 1. The molecule has 0 aromatic carbocycles. The van der Waals surface area contributed by atoms with Crippen LogP contribution in [0.2, 0.25) is 0 Å². The van der Waals surface area contributed by atoms with Crippen LogP contribution < -0.4 is 4.74 Å². The minimum Gasteiger partial charge on any atom is -0.497 e. The van der Waals surface area contributed by atoms with Crippen LogP contribution in [0.25, 0.3) is 5.57 Å². The number of pyridine rings is 1. The molecule has 0 amide bonds. The van der Waals surface area contributed by atoms with Crippen LogP contribution in [-0.4, -0.2) is 24.5 Å². The molecule has 4 heteroatoms. The SMILES string of the molecule is COc1cncc(C2=CC[C@H]3[C@@H]4COC5=CC(=O)CC[C@]5(C)[C@H]4CC[C@]23C)c1. The molecule has 0 bridgehead atoms. The number of ether oxygens (including phenoxy) is 2. The van der Waals surface area contributed by atoms with Gasteiger partial charge in [0.15, 0.2) is 5.78 Å². The average molecular weight is 380 g/mol. The van der Waals surface area contributed by atoms with Gasteiger partial charge in [0.1, 0.15) is 11.5 Å². The standard InChI is InChI=1S/C24H29NO3/c1-23-9-7-21-18(14-28-22-11-16(26)6-8-24(21,22)2)20(23)5-4-19(23)15-10-17(27-3)13-25-12-15/h4,10-13,18,20-21H,5-9,14H2,1-3H3/t18-,20-,21-,23+,24+/m0/s1. The number of carbonyl (C=O) groups excluding carboxylic acids is 1. The second-order valence-corrected chi connectivity index (χ2v) is 9.50. The number of carbonyl (C=O) groups is 1. The Bertz CT molecular complexity index is 888. The number of rotatable bonds is 2. The van der Waals surface area contributed by atoms with Crippen molar-refractivity contribution in [2.75, 3.05) is 13.7 Å². The van der Waals surface area contributed by atoms with Crippen molar-refractivity contribution in [2.24, 2.45) is 28.6 Å². The first-order valence-corrected chi connectivity index (χ1v) is 10.5. The molecule has 0 unspecified atom stereocenters. The fraction of sp³-hybridized carbons (Fsp3) is 0.583. The van der Waals surface area contributed by atoms with Gasteiger partial charge in [-0.15, -0.1) is 0 Å². The first kappa shape index (κ1) is 18.0. The molecule has 148 valence electrons. The van der Waals surface area contributed by atoms with Gasteiger partial charge in [-0.05, 0) is 60.1 Å². The van der Waals surface area contributed by atoms with Crippen LogP contribution in [0.3, 0.4) is 0 Å². The molecular formula is C24H29NO3. The summed E-state index contributed by atoms with van der Waals surface area (Å²) in [7, 11) is 1.69. The van der Waals surface area contributed by atoms with Crippen LogP contribution in [0.5, 0.6) is 5.75 Å². The summed E-state index contributed by atoms with van der Waals surface area (Å²) in [5.74, 6) is 3.73.